The van der Waals surface area contributed by atoms with Gasteiger partial charge in [-0.25, -0.2) is 4.98 Å². The van der Waals surface area contributed by atoms with Crippen molar-refractivity contribution in [1.29, 1.82) is 0 Å². The van der Waals surface area contributed by atoms with Crippen molar-refractivity contribution in [1.82, 2.24) is 4.98 Å². The van der Waals surface area contributed by atoms with Crippen LogP contribution >= 0.6 is 0 Å². The fraction of sp³-hybridized carbons (Fsp3) is 0.357. The quantitative estimate of drug-likeness (QED) is 0.729. The molecule has 84 valence electrons. The molecule has 2 aromatic rings. The van der Waals surface area contributed by atoms with Crippen molar-refractivity contribution in [3.05, 3.63) is 35.5 Å². The minimum absolute atomic E-state index is 0.0383. The van der Waals surface area contributed by atoms with E-state index in [-0.39, 0.29) is 11.2 Å². The highest BCUT2D eigenvalue weighted by Gasteiger charge is 2.16. The molecule has 1 heterocycles. The number of aromatic nitrogens is 1. The maximum atomic E-state index is 9.98. The lowest BCUT2D eigenvalue weighted by Crippen LogP contribution is -2.10. The Morgan fingerprint density at radius 2 is 1.81 bits per heavy atom. The average molecular weight is 215 g/mol. The number of aromatic hydroxyl groups is 1. The summed E-state index contributed by atoms with van der Waals surface area (Å²) in [6, 6.07) is 7.89. The average Bonchev–Trinajstić information content (AvgIpc) is 2.17. The van der Waals surface area contributed by atoms with E-state index in [4.69, 9.17) is 0 Å². The van der Waals surface area contributed by atoms with Gasteiger partial charge in [0.25, 0.3) is 0 Å². The fourth-order valence-corrected chi connectivity index (χ4v) is 1.75. The van der Waals surface area contributed by atoms with Crippen LogP contribution in [-0.2, 0) is 5.41 Å². The number of fused-ring (bicyclic) bond motifs is 1. The molecule has 16 heavy (non-hydrogen) atoms. The van der Waals surface area contributed by atoms with Gasteiger partial charge in [0, 0.05) is 11.1 Å². The number of rotatable bonds is 0. The second-order valence-electron chi connectivity index (χ2n) is 5.27. The molecule has 1 N–H and O–H groups in total. The molecule has 2 nitrogen and oxygen atoms in total. The first-order valence-electron chi connectivity index (χ1n) is 5.49. The van der Waals surface area contributed by atoms with Gasteiger partial charge in [0.1, 0.15) is 11.3 Å². The summed E-state index contributed by atoms with van der Waals surface area (Å²) in [6.45, 7) is 8.33. The molecule has 1 aromatic heterocycles. The van der Waals surface area contributed by atoms with Gasteiger partial charge in [0.2, 0.25) is 0 Å². The van der Waals surface area contributed by atoms with Crippen molar-refractivity contribution in [3.8, 4) is 5.75 Å². The molecular formula is C14H17NO. The molecular weight excluding hydrogens is 198 g/mol. The molecule has 0 fully saturated rings. The Bertz CT molecular complexity index is 538. The van der Waals surface area contributed by atoms with E-state index in [0.29, 0.717) is 5.52 Å². The van der Waals surface area contributed by atoms with E-state index < -0.39 is 0 Å². The van der Waals surface area contributed by atoms with Gasteiger partial charge in [-0.05, 0) is 36.1 Å². The smallest absolute Gasteiger partial charge is 0.142 e. The van der Waals surface area contributed by atoms with Crippen LogP contribution in [0.3, 0.4) is 0 Å². The molecule has 0 spiro atoms. The number of pyridine rings is 1. The first-order valence-corrected chi connectivity index (χ1v) is 5.49. The van der Waals surface area contributed by atoms with E-state index in [9.17, 15) is 5.11 Å². The first kappa shape index (κ1) is 10.9. The Morgan fingerprint density at radius 3 is 2.44 bits per heavy atom. The third-order valence-electron chi connectivity index (χ3n) is 2.78. The van der Waals surface area contributed by atoms with Crippen molar-refractivity contribution in [2.24, 2.45) is 0 Å². The molecule has 0 atom stereocenters. The maximum absolute atomic E-state index is 9.98. The van der Waals surface area contributed by atoms with Crippen LogP contribution in [0.15, 0.2) is 24.3 Å². The van der Waals surface area contributed by atoms with E-state index >= 15 is 0 Å². The van der Waals surface area contributed by atoms with Crippen molar-refractivity contribution < 1.29 is 5.11 Å². The highest BCUT2D eigenvalue weighted by atomic mass is 16.3. The molecule has 2 heteroatoms. The molecule has 0 saturated heterocycles. The third-order valence-corrected chi connectivity index (χ3v) is 2.78. The van der Waals surface area contributed by atoms with Gasteiger partial charge in [-0.1, -0.05) is 26.8 Å². The molecule has 2 rings (SSSR count). The van der Waals surface area contributed by atoms with Gasteiger partial charge < -0.3 is 5.11 Å². The summed E-state index contributed by atoms with van der Waals surface area (Å²) in [5.74, 6) is 0.270. The second kappa shape index (κ2) is 3.48. The monoisotopic (exact) mass is 215 g/mol. The zero-order valence-corrected chi connectivity index (χ0v) is 10.2. The molecule has 0 radical (unpaired) electrons. The third kappa shape index (κ3) is 1.87. The Labute approximate surface area is 96.0 Å². The summed E-state index contributed by atoms with van der Waals surface area (Å²) >= 11 is 0. The Kier molecular flexibility index (Phi) is 2.38. The number of benzene rings is 1. The molecule has 1 aromatic carbocycles. The van der Waals surface area contributed by atoms with Crippen LogP contribution in [-0.4, -0.2) is 10.1 Å². The molecule has 0 aliphatic carbocycles. The summed E-state index contributed by atoms with van der Waals surface area (Å²) < 4.78 is 0. The maximum Gasteiger partial charge on any atom is 0.142 e. The van der Waals surface area contributed by atoms with Gasteiger partial charge in [0.15, 0.2) is 0 Å². The van der Waals surface area contributed by atoms with Crippen molar-refractivity contribution >= 4 is 10.9 Å². The van der Waals surface area contributed by atoms with Crippen LogP contribution in [0.25, 0.3) is 10.9 Å². The highest BCUT2D eigenvalue weighted by Crippen LogP contribution is 2.31. The lowest BCUT2D eigenvalue weighted by Gasteiger charge is -2.20. The zero-order valence-electron chi connectivity index (χ0n) is 10.2. The first-order chi connectivity index (χ1) is 7.38. The minimum atomic E-state index is 0.0383. The molecule has 0 unspecified atom stereocenters. The van der Waals surface area contributed by atoms with Gasteiger partial charge in [-0.3, -0.25) is 0 Å². The molecule has 0 aliphatic rings. The van der Waals surface area contributed by atoms with Crippen LogP contribution < -0.4 is 0 Å². The van der Waals surface area contributed by atoms with E-state index in [0.717, 1.165) is 16.6 Å². The Morgan fingerprint density at radius 1 is 1.12 bits per heavy atom. The van der Waals surface area contributed by atoms with Crippen LogP contribution in [0.1, 0.15) is 32.0 Å². The summed E-state index contributed by atoms with van der Waals surface area (Å²) in [5.41, 5.74) is 2.78. The second-order valence-corrected chi connectivity index (χ2v) is 5.27. The molecule has 0 bridgehead atoms. The summed E-state index contributed by atoms with van der Waals surface area (Å²) in [7, 11) is 0. The topological polar surface area (TPSA) is 33.1 Å². The standard InChI is InChI=1S/C14H17NO/c1-9-5-6-10-7-11(14(2,3)4)8-12(16)13(10)15-9/h5-8,16H,1-4H3. The minimum Gasteiger partial charge on any atom is -0.506 e. The SMILES string of the molecule is Cc1ccc2cc(C(C)(C)C)cc(O)c2n1. The molecule has 0 saturated carbocycles. The summed E-state index contributed by atoms with van der Waals surface area (Å²) in [5, 5.41) is 11.0. The van der Waals surface area contributed by atoms with E-state index in [2.05, 4.69) is 31.8 Å². The van der Waals surface area contributed by atoms with Gasteiger partial charge in [-0.2, -0.15) is 0 Å². The normalized spacial score (nSPS) is 12.0. The van der Waals surface area contributed by atoms with Gasteiger partial charge in [0.05, 0.1) is 0 Å². The van der Waals surface area contributed by atoms with Gasteiger partial charge in [-0.15, -0.1) is 0 Å². The predicted octanol–water partition coefficient (Wildman–Crippen LogP) is 3.55. The van der Waals surface area contributed by atoms with Crippen LogP contribution in [0, 0.1) is 6.92 Å². The van der Waals surface area contributed by atoms with E-state index in [1.807, 2.05) is 25.1 Å². The Hall–Kier alpha value is -1.57. The van der Waals surface area contributed by atoms with E-state index in [1.165, 1.54) is 0 Å². The molecule has 0 amide bonds. The van der Waals surface area contributed by atoms with Crippen molar-refractivity contribution in [2.45, 2.75) is 33.1 Å². The number of phenolic OH excluding ortho intramolecular Hbond substituents is 1. The van der Waals surface area contributed by atoms with Gasteiger partial charge >= 0.3 is 0 Å². The number of hydrogen-bond acceptors (Lipinski definition) is 2. The Balaban J connectivity index is 2.74. The summed E-state index contributed by atoms with van der Waals surface area (Å²) in [4.78, 5) is 4.35. The van der Waals surface area contributed by atoms with Crippen molar-refractivity contribution in [3.63, 3.8) is 0 Å². The molecule has 0 aliphatic heterocycles. The number of phenols is 1. The number of nitrogens with zero attached hydrogens (tertiary/aromatic N) is 1. The fourth-order valence-electron chi connectivity index (χ4n) is 1.75. The van der Waals surface area contributed by atoms with Crippen LogP contribution in [0.4, 0.5) is 0 Å². The lowest BCUT2D eigenvalue weighted by atomic mass is 9.86. The zero-order chi connectivity index (χ0) is 11.9. The van der Waals surface area contributed by atoms with E-state index in [1.54, 1.807) is 0 Å². The number of hydrogen-bond donors (Lipinski definition) is 1. The van der Waals surface area contributed by atoms with Crippen LogP contribution in [0.2, 0.25) is 0 Å². The lowest BCUT2D eigenvalue weighted by molar-refractivity contribution is 0.476. The largest absolute Gasteiger partial charge is 0.506 e. The summed E-state index contributed by atoms with van der Waals surface area (Å²) in [6.07, 6.45) is 0. The van der Waals surface area contributed by atoms with Crippen molar-refractivity contribution in [2.75, 3.05) is 0 Å². The highest BCUT2D eigenvalue weighted by molar-refractivity contribution is 5.85. The number of aryl methyl sites for hydroxylation is 1. The van der Waals surface area contributed by atoms with Crippen LogP contribution in [0.5, 0.6) is 5.75 Å². The predicted molar refractivity (Wildman–Crippen MR) is 66.8 cm³/mol.